The van der Waals surface area contributed by atoms with Crippen LogP contribution in [-0.2, 0) is 0 Å². The van der Waals surface area contributed by atoms with Crippen LogP contribution < -0.4 is 10.5 Å². The van der Waals surface area contributed by atoms with Crippen LogP contribution in [0.25, 0.3) is 0 Å². The Morgan fingerprint density at radius 2 is 1.94 bits per heavy atom. The Labute approximate surface area is 114 Å². The molecule has 0 atom stereocenters. The molecule has 18 heavy (non-hydrogen) atoms. The van der Waals surface area contributed by atoms with E-state index in [9.17, 15) is 0 Å². The maximum atomic E-state index is 8.88. The molecule has 2 aromatic rings. The van der Waals surface area contributed by atoms with Crippen LogP contribution in [0.4, 0.5) is 5.69 Å². The third kappa shape index (κ3) is 2.63. The van der Waals surface area contributed by atoms with Crippen LogP contribution in [0, 0.1) is 18.3 Å². The van der Waals surface area contributed by atoms with Crippen molar-refractivity contribution in [2.24, 2.45) is 0 Å². The van der Waals surface area contributed by atoms with Crippen molar-refractivity contribution in [2.45, 2.75) is 6.92 Å². The molecule has 0 saturated heterocycles. The van der Waals surface area contributed by atoms with Crippen molar-refractivity contribution in [1.82, 2.24) is 0 Å². The first kappa shape index (κ1) is 12.5. The number of benzene rings is 2. The Morgan fingerprint density at radius 3 is 2.61 bits per heavy atom. The van der Waals surface area contributed by atoms with E-state index in [1.54, 1.807) is 30.3 Å². The largest absolute Gasteiger partial charge is 0.456 e. The number of hydrogen-bond donors (Lipinski definition) is 1. The molecule has 0 spiro atoms. The zero-order valence-corrected chi connectivity index (χ0v) is 11.4. The number of nitrogens with two attached hydrogens (primary N) is 1. The van der Waals surface area contributed by atoms with Crippen LogP contribution >= 0.6 is 15.9 Å². The van der Waals surface area contributed by atoms with Gasteiger partial charge in [0.2, 0.25) is 0 Å². The van der Waals surface area contributed by atoms with E-state index in [1.807, 2.05) is 13.0 Å². The summed E-state index contributed by atoms with van der Waals surface area (Å²) < 4.78 is 6.57. The molecule has 0 aliphatic rings. The van der Waals surface area contributed by atoms with Crippen molar-refractivity contribution >= 4 is 21.6 Å². The molecule has 2 N–H and O–H groups in total. The van der Waals surface area contributed by atoms with Gasteiger partial charge in [0.25, 0.3) is 0 Å². The first-order valence-corrected chi connectivity index (χ1v) is 6.13. The second kappa shape index (κ2) is 5.11. The van der Waals surface area contributed by atoms with E-state index in [1.165, 1.54) is 0 Å². The fourth-order valence-corrected chi connectivity index (χ4v) is 1.98. The van der Waals surface area contributed by atoms with Crippen LogP contribution in [-0.4, -0.2) is 0 Å². The number of halogens is 1. The second-order valence-corrected chi connectivity index (χ2v) is 4.74. The molecule has 0 aliphatic heterocycles. The normalized spacial score (nSPS) is 9.83. The summed E-state index contributed by atoms with van der Waals surface area (Å²) in [6.07, 6.45) is 0. The van der Waals surface area contributed by atoms with Crippen LogP contribution in [0.3, 0.4) is 0 Å². The smallest absolute Gasteiger partial charge is 0.141 e. The first-order valence-electron chi connectivity index (χ1n) is 5.34. The first-order chi connectivity index (χ1) is 8.60. The van der Waals surface area contributed by atoms with E-state index in [2.05, 4.69) is 22.0 Å². The van der Waals surface area contributed by atoms with Crippen molar-refractivity contribution in [3.63, 3.8) is 0 Å². The standard InChI is InChI=1S/C14H11BrN2O/c1-9-2-3-10(8-16)6-14(9)18-13-5-4-11(17)7-12(13)15/h2-7H,17H2,1H3. The molecule has 0 amide bonds. The quantitative estimate of drug-likeness (QED) is 0.853. The van der Waals surface area contributed by atoms with Gasteiger partial charge in [0, 0.05) is 5.69 Å². The predicted octanol–water partition coefficient (Wildman–Crippen LogP) is 4.00. The van der Waals surface area contributed by atoms with Gasteiger partial charge in [-0.25, -0.2) is 0 Å². The molecule has 3 nitrogen and oxygen atoms in total. The van der Waals surface area contributed by atoms with Crippen molar-refractivity contribution < 1.29 is 4.74 Å². The van der Waals surface area contributed by atoms with Crippen LogP contribution in [0.1, 0.15) is 11.1 Å². The van der Waals surface area contributed by atoms with Gasteiger partial charge in [-0.2, -0.15) is 5.26 Å². The molecule has 0 saturated carbocycles. The van der Waals surface area contributed by atoms with E-state index in [4.69, 9.17) is 15.7 Å². The minimum Gasteiger partial charge on any atom is -0.456 e. The number of hydrogen-bond acceptors (Lipinski definition) is 3. The highest BCUT2D eigenvalue weighted by Crippen LogP contribution is 2.32. The van der Waals surface area contributed by atoms with Gasteiger partial charge in [0.05, 0.1) is 16.1 Å². The molecule has 2 rings (SSSR count). The number of rotatable bonds is 2. The third-order valence-electron chi connectivity index (χ3n) is 2.49. The van der Waals surface area contributed by atoms with Crippen molar-refractivity contribution in [1.29, 1.82) is 5.26 Å². The van der Waals surface area contributed by atoms with E-state index < -0.39 is 0 Å². The zero-order chi connectivity index (χ0) is 13.1. The highest BCUT2D eigenvalue weighted by molar-refractivity contribution is 9.10. The number of ether oxygens (including phenoxy) is 1. The van der Waals surface area contributed by atoms with Crippen LogP contribution in [0.15, 0.2) is 40.9 Å². The summed E-state index contributed by atoms with van der Waals surface area (Å²) in [6.45, 7) is 1.93. The summed E-state index contributed by atoms with van der Waals surface area (Å²) in [5, 5.41) is 8.88. The summed E-state index contributed by atoms with van der Waals surface area (Å²) in [7, 11) is 0. The maximum absolute atomic E-state index is 8.88. The van der Waals surface area contributed by atoms with Gasteiger partial charge in [-0.1, -0.05) is 6.07 Å². The van der Waals surface area contributed by atoms with Gasteiger partial charge in [0.15, 0.2) is 0 Å². The number of anilines is 1. The van der Waals surface area contributed by atoms with Gasteiger partial charge in [0.1, 0.15) is 11.5 Å². The van der Waals surface area contributed by atoms with Crippen molar-refractivity contribution in [2.75, 3.05) is 5.73 Å². The predicted molar refractivity (Wildman–Crippen MR) is 74.5 cm³/mol. The molecule has 0 radical (unpaired) electrons. The summed E-state index contributed by atoms with van der Waals surface area (Å²) >= 11 is 3.39. The summed E-state index contributed by atoms with van der Waals surface area (Å²) in [5.74, 6) is 1.34. The summed E-state index contributed by atoms with van der Waals surface area (Å²) in [5.41, 5.74) is 7.87. The van der Waals surface area contributed by atoms with E-state index in [0.29, 0.717) is 22.7 Å². The Morgan fingerprint density at radius 1 is 1.17 bits per heavy atom. The molecule has 4 heteroatoms. The lowest BCUT2D eigenvalue weighted by Crippen LogP contribution is -1.91. The number of nitrogens with zero attached hydrogens (tertiary/aromatic N) is 1. The summed E-state index contributed by atoms with van der Waals surface area (Å²) in [4.78, 5) is 0. The fourth-order valence-electron chi connectivity index (χ4n) is 1.50. The SMILES string of the molecule is Cc1ccc(C#N)cc1Oc1ccc(N)cc1Br. The Kier molecular flexibility index (Phi) is 3.54. The average molecular weight is 303 g/mol. The molecule has 0 bridgehead atoms. The van der Waals surface area contributed by atoms with Crippen LogP contribution in [0.5, 0.6) is 11.5 Å². The minimum absolute atomic E-state index is 0.571. The molecule has 0 aliphatic carbocycles. The lowest BCUT2D eigenvalue weighted by atomic mass is 10.1. The lowest BCUT2D eigenvalue weighted by molar-refractivity contribution is 0.476. The maximum Gasteiger partial charge on any atom is 0.141 e. The Hall–Kier alpha value is -1.99. The van der Waals surface area contributed by atoms with Crippen molar-refractivity contribution in [3.05, 3.63) is 52.0 Å². The topological polar surface area (TPSA) is 59.0 Å². The van der Waals surface area contributed by atoms with Gasteiger partial charge in [-0.05, 0) is 58.7 Å². The van der Waals surface area contributed by atoms with E-state index >= 15 is 0 Å². The zero-order valence-electron chi connectivity index (χ0n) is 9.77. The monoisotopic (exact) mass is 302 g/mol. The number of nitriles is 1. The second-order valence-electron chi connectivity index (χ2n) is 3.88. The van der Waals surface area contributed by atoms with Gasteiger partial charge < -0.3 is 10.5 Å². The molecular formula is C14H11BrN2O. The van der Waals surface area contributed by atoms with E-state index in [0.717, 1.165) is 10.0 Å². The van der Waals surface area contributed by atoms with Crippen LogP contribution in [0.2, 0.25) is 0 Å². The van der Waals surface area contributed by atoms with Gasteiger partial charge >= 0.3 is 0 Å². The Bertz CT molecular complexity index is 632. The molecule has 0 fully saturated rings. The summed E-state index contributed by atoms with van der Waals surface area (Å²) in [6, 6.07) is 12.8. The molecular weight excluding hydrogens is 292 g/mol. The lowest BCUT2D eigenvalue weighted by Gasteiger charge is -2.10. The van der Waals surface area contributed by atoms with Gasteiger partial charge in [-0.3, -0.25) is 0 Å². The van der Waals surface area contributed by atoms with E-state index in [-0.39, 0.29) is 0 Å². The molecule has 2 aromatic carbocycles. The molecule has 0 unspecified atom stereocenters. The number of aryl methyl sites for hydroxylation is 1. The minimum atomic E-state index is 0.571. The average Bonchev–Trinajstić information content (AvgIpc) is 2.35. The highest BCUT2D eigenvalue weighted by atomic mass is 79.9. The van der Waals surface area contributed by atoms with Crippen molar-refractivity contribution in [3.8, 4) is 17.6 Å². The molecule has 90 valence electrons. The third-order valence-corrected chi connectivity index (χ3v) is 3.11. The fraction of sp³-hybridized carbons (Fsp3) is 0.0714. The Balaban J connectivity index is 2.37. The molecule has 0 heterocycles. The highest BCUT2D eigenvalue weighted by Gasteiger charge is 2.06. The number of nitrogen functional groups attached to an aromatic ring is 1. The van der Waals surface area contributed by atoms with Gasteiger partial charge in [-0.15, -0.1) is 0 Å². The molecule has 0 aromatic heterocycles.